The number of fused-ring (bicyclic) bond motifs is 1. The average Bonchev–Trinajstić information content (AvgIpc) is 3.10. The highest BCUT2D eigenvalue weighted by Gasteiger charge is 2.23. The van der Waals surface area contributed by atoms with Crippen LogP contribution in [0.4, 0.5) is 5.69 Å². The summed E-state index contributed by atoms with van der Waals surface area (Å²) in [7, 11) is 4.42. The molecule has 1 saturated heterocycles. The predicted molar refractivity (Wildman–Crippen MR) is 127 cm³/mol. The first kappa shape index (κ1) is 21.4. The quantitative estimate of drug-likeness (QED) is 0.585. The van der Waals surface area contributed by atoms with E-state index in [2.05, 4.69) is 47.0 Å². The number of piperidine rings is 1. The zero-order valence-corrected chi connectivity index (χ0v) is 18.8. The SMILES string of the molecule is C=C(C)COc1ccc(-c2nc3ccc(N)cn3c2CN(C)C2CCN(C)CC2)cc1. The van der Waals surface area contributed by atoms with Crippen LogP contribution in [0.15, 0.2) is 54.7 Å². The van der Waals surface area contributed by atoms with Gasteiger partial charge < -0.3 is 19.8 Å². The first-order chi connectivity index (χ1) is 14.9. The van der Waals surface area contributed by atoms with Gasteiger partial charge in [0.05, 0.1) is 11.4 Å². The molecule has 0 spiro atoms. The fourth-order valence-electron chi connectivity index (χ4n) is 4.21. The minimum atomic E-state index is 0.527. The van der Waals surface area contributed by atoms with E-state index in [1.807, 2.05) is 37.4 Å². The van der Waals surface area contributed by atoms with Gasteiger partial charge in [0.15, 0.2) is 0 Å². The van der Waals surface area contributed by atoms with Gasteiger partial charge in [-0.05, 0) is 88.9 Å². The second-order valence-corrected chi connectivity index (χ2v) is 8.82. The Balaban J connectivity index is 1.64. The molecular weight excluding hydrogens is 386 g/mol. The Morgan fingerprint density at radius 3 is 2.58 bits per heavy atom. The molecule has 1 fully saturated rings. The highest BCUT2D eigenvalue weighted by molar-refractivity contribution is 5.68. The van der Waals surface area contributed by atoms with Crippen molar-refractivity contribution in [3.8, 4) is 17.0 Å². The van der Waals surface area contributed by atoms with Gasteiger partial charge in [0, 0.05) is 30.0 Å². The van der Waals surface area contributed by atoms with Crippen LogP contribution in [0.25, 0.3) is 16.9 Å². The van der Waals surface area contributed by atoms with Crippen molar-refractivity contribution >= 4 is 11.3 Å². The topological polar surface area (TPSA) is 59.0 Å². The Hall–Kier alpha value is -2.83. The Morgan fingerprint density at radius 1 is 1.19 bits per heavy atom. The highest BCUT2D eigenvalue weighted by Crippen LogP contribution is 2.29. The van der Waals surface area contributed by atoms with E-state index < -0.39 is 0 Å². The van der Waals surface area contributed by atoms with Gasteiger partial charge in [-0.1, -0.05) is 6.58 Å². The van der Waals surface area contributed by atoms with Crippen LogP contribution in [0.3, 0.4) is 0 Å². The Bertz CT molecular complexity index is 1050. The molecule has 4 rings (SSSR count). The van der Waals surface area contributed by atoms with E-state index in [0.29, 0.717) is 12.6 Å². The van der Waals surface area contributed by atoms with Crippen molar-refractivity contribution in [2.75, 3.05) is 39.5 Å². The minimum absolute atomic E-state index is 0.527. The van der Waals surface area contributed by atoms with Gasteiger partial charge in [-0.3, -0.25) is 4.90 Å². The van der Waals surface area contributed by atoms with Crippen LogP contribution in [0.2, 0.25) is 0 Å². The third-order valence-corrected chi connectivity index (χ3v) is 6.06. The lowest BCUT2D eigenvalue weighted by Gasteiger charge is -2.35. The summed E-state index contributed by atoms with van der Waals surface area (Å²) in [5.74, 6) is 0.838. The molecule has 1 aliphatic heterocycles. The van der Waals surface area contributed by atoms with Crippen LogP contribution in [0.5, 0.6) is 5.75 Å². The number of anilines is 1. The fraction of sp³-hybridized carbons (Fsp3) is 0.400. The molecule has 164 valence electrons. The Kier molecular flexibility index (Phi) is 6.30. The molecule has 3 aromatic rings. The maximum atomic E-state index is 6.12. The van der Waals surface area contributed by atoms with Gasteiger partial charge in [0.25, 0.3) is 0 Å². The van der Waals surface area contributed by atoms with Crippen LogP contribution >= 0.6 is 0 Å². The van der Waals surface area contributed by atoms with Gasteiger partial charge in [0.2, 0.25) is 0 Å². The fourth-order valence-corrected chi connectivity index (χ4v) is 4.21. The summed E-state index contributed by atoms with van der Waals surface area (Å²) in [5, 5.41) is 0. The number of ether oxygens (including phenoxy) is 1. The van der Waals surface area contributed by atoms with Gasteiger partial charge in [-0.15, -0.1) is 0 Å². The summed E-state index contributed by atoms with van der Waals surface area (Å²) >= 11 is 0. The van der Waals surface area contributed by atoms with Crippen molar-refractivity contribution in [3.63, 3.8) is 0 Å². The molecule has 1 aliphatic rings. The summed E-state index contributed by atoms with van der Waals surface area (Å²) in [6, 6.07) is 12.6. The summed E-state index contributed by atoms with van der Waals surface area (Å²) < 4.78 is 7.90. The number of rotatable bonds is 7. The molecule has 0 amide bonds. The Labute approximate surface area is 184 Å². The van der Waals surface area contributed by atoms with Crippen molar-refractivity contribution in [2.45, 2.75) is 32.4 Å². The largest absolute Gasteiger partial charge is 0.489 e. The molecule has 6 nitrogen and oxygen atoms in total. The molecule has 0 atom stereocenters. The molecule has 31 heavy (non-hydrogen) atoms. The summed E-state index contributed by atoms with van der Waals surface area (Å²) in [6.07, 6.45) is 4.36. The molecule has 0 unspecified atom stereocenters. The lowest BCUT2D eigenvalue weighted by molar-refractivity contribution is 0.138. The van der Waals surface area contributed by atoms with Crippen LogP contribution in [-0.4, -0.2) is 59.0 Å². The highest BCUT2D eigenvalue weighted by atomic mass is 16.5. The summed E-state index contributed by atoms with van der Waals surface area (Å²) in [5.41, 5.74) is 12.0. The van der Waals surface area contributed by atoms with Gasteiger partial charge in [-0.25, -0.2) is 4.98 Å². The van der Waals surface area contributed by atoms with E-state index >= 15 is 0 Å². The normalized spacial score (nSPS) is 15.6. The molecule has 2 N–H and O–H groups in total. The third kappa shape index (κ3) is 4.92. The first-order valence-corrected chi connectivity index (χ1v) is 10.9. The van der Waals surface area contributed by atoms with E-state index in [1.165, 1.54) is 18.5 Å². The van der Waals surface area contributed by atoms with E-state index in [0.717, 1.165) is 53.5 Å². The standard InChI is InChI=1S/C25H33N5O/c1-18(2)17-31-22-8-5-19(6-9-22)25-23(30-15-20(26)7-10-24(30)27-25)16-29(4)21-11-13-28(3)14-12-21/h5-10,15,21H,1,11-14,16-17,26H2,2-4H3. The van der Waals surface area contributed by atoms with Crippen LogP contribution in [-0.2, 0) is 6.54 Å². The van der Waals surface area contributed by atoms with E-state index in [-0.39, 0.29) is 0 Å². The lowest BCUT2D eigenvalue weighted by atomic mass is 10.0. The summed E-state index contributed by atoms with van der Waals surface area (Å²) in [6.45, 7) is 9.50. The zero-order valence-electron chi connectivity index (χ0n) is 18.8. The molecule has 6 heteroatoms. The summed E-state index contributed by atoms with van der Waals surface area (Å²) in [4.78, 5) is 9.83. The first-order valence-electron chi connectivity index (χ1n) is 10.9. The lowest BCUT2D eigenvalue weighted by Crippen LogP contribution is -2.41. The van der Waals surface area contributed by atoms with Gasteiger partial charge >= 0.3 is 0 Å². The maximum Gasteiger partial charge on any atom is 0.137 e. The number of nitrogens with two attached hydrogens (primary N) is 1. The van der Waals surface area contributed by atoms with Crippen LogP contribution < -0.4 is 10.5 Å². The second-order valence-electron chi connectivity index (χ2n) is 8.82. The van der Waals surface area contributed by atoms with Crippen molar-refractivity contribution in [1.29, 1.82) is 0 Å². The third-order valence-electron chi connectivity index (χ3n) is 6.06. The smallest absolute Gasteiger partial charge is 0.137 e. The number of nitrogen functional groups attached to an aromatic ring is 1. The minimum Gasteiger partial charge on any atom is -0.489 e. The Morgan fingerprint density at radius 2 is 1.90 bits per heavy atom. The molecule has 3 heterocycles. The van der Waals surface area contributed by atoms with Crippen LogP contribution in [0.1, 0.15) is 25.5 Å². The molecule has 0 bridgehead atoms. The number of hydrogen-bond donors (Lipinski definition) is 1. The maximum absolute atomic E-state index is 6.12. The second kappa shape index (κ2) is 9.12. The van der Waals surface area contributed by atoms with Crippen LogP contribution in [0, 0.1) is 0 Å². The average molecular weight is 420 g/mol. The van der Waals surface area contributed by atoms with E-state index in [9.17, 15) is 0 Å². The molecule has 2 aromatic heterocycles. The number of aromatic nitrogens is 2. The number of benzene rings is 1. The van der Waals surface area contributed by atoms with Gasteiger partial charge in [0.1, 0.15) is 18.0 Å². The zero-order chi connectivity index (χ0) is 22.0. The molecule has 1 aromatic carbocycles. The number of likely N-dealkylation sites (tertiary alicyclic amines) is 1. The van der Waals surface area contributed by atoms with Gasteiger partial charge in [-0.2, -0.15) is 0 Å². The van der Waals surface area contributed by atoms with Crippen molar-refractivity contribution < 1.29 is 4.74 Å². The van der Waals surface area contributed by atoms with Crippen molar-refractivity contribution in [3.05, 3.63) is 60.4 Å². The monoisotopic (exact) mass is 419 g/mol. The predicted octanol–water partition coefficient (Wildman–Crippen LogP) is 4.06. The number of nitrogens with zero attached hydrogens (tertiary/aromatic N) is 4. The van der Waals surface area contributed by atoms with Crippen molar-refractivity contribution in [2.24, 2.45) is 0 Å². The number of imidazole rings is 1. The number of pyridine rings is 1. The molecular formula is C25H33N5O. The molecule has 0 saturated carbocycles. The number of hydrogen-bond acceptors (Lipinski definition) is 5. The van der Waals surface area contributed by atoms with E-state index in [1.54, 1.807) is 0 Å². The van der Waals surface area contributed by atoms with E-state index in [4.69, 9.17) is 15.5 Å². The molecule has 0 aliphatic carbocycles. The van der Waals surface area contributed by atoms with Crippen molar-refractivity contribution in [1.82, 2.24) is 19.2 Å². The molecule has 0 radical (unpaired) electrons.